The minimum Gasteiger partial charge on any atom is -0.314 e. The van der Waals surface area contributed by atoms with Crippen LogP contribution in [0.25, 0.3) is 0 Å². The Morgan fingerprint density at radius 3 is 2.32 bits per heavy atom. The number of rotatable bonds is 5. The topological polar surface area (TPSA) is 15.3 Å². The zero-order valence-electron chi connectivity index (χ0n) is 13.5. The predicted octanol–water partition coefficient (Wildman–Crippen LogP) is 3.52. The Labute approximate surface area is 120 Å². The minimum atomic E-state index is 0.556. The van der Waals surface area contributed by atoms with Crippen LogP contribution in [-0.2, 0) is 0 Å². The quantitative estimate of drug-likeness (QED) is 0.819. The van der Waals surface area contributed by atoms with Crippen molar-refractivity contribution in [1.29, 1.82) is 0 Å². The number of nitrogens with zero attached hydrogens (tertiary/aromatic N) is 1. The number of nitrogens with one attached hydrogen (secondary N) is 1. The zero-order valence-corrected chi connectivity index (χ0v) is 13.5. The highest BCUT2D eigenvalue weighted by atomic mass is 15.2. The molecule has 0 amide bonds. The van der Waals surface area contributed by atoms with Crippen LogP contribution in [0.1, 0.15) is 59.8 Å². The number of hydrogen-bond acceptors (Lipinski definition) is 2. The summed E-state index contributed by atoms with van der Waals surface area (Å²) in [7, 11) is 0. The summed E-state index contributed by atoms with van der Waals surface area (Å²) in [4.78, 5) is 2.74. The van der Waals surface area contributed by atoms with Crippen LogP contribution >= 0.6 is 0 Å². The lowest BCUT2D eigenvalue weighted by atomic mass is 9.70. The molecule has 2 fully saturated rings. The molecule has 2 nitrogen and oxygen atoms in total. The van der Waals surface area contributed by atoms with Crippen LogP contribution in [0.5, 0.6) is 0 Å². The van der Waals surface area contributed by atoms with Crippen LogP contribution in [0, 0.1) is 17.3 Å². The van der Waals surface area contributed by atoms with Crippen molar-refractivity contribution in [2.75, 3.05) is 26.2 Å². The van der Waals surface area contributed by atoms with E-state index < -0.39 is 0 Å². The third-order valence-electron chi connectivity index (χ3n) is 5.29. The lowest BCUT2D eigenvalue weighted by Gasteiger charge is -2.42. The van der Waals surface area contributed by atoms with E-state index in [1.807, 2.05) is 0 Å². The first-order valence-electron chi connectivity index (χ1n) is 8.45. The molecule has 0 aromatic rings. The highest BCUT2D eigenvalue weighted by molar-refractivity contribution is 4.91. The van der Waals surface area contributed by atoms with Gasteiger partial charge in [0.2, 0.25) is 0 Å². The average Bonchev–Trinajstić information content (AvgIpc) is 2.76. The van der Waals surface area contributed by atoms with Gasteiger partial charge in [0.05, 0.1) is 0 Å². The first kappa shape index (κ1) is 15.3. The fourth-order valence-electron chi connectivity index (χ4n) is 3.83. The fourth-order valence-corrected chi connectivity index (χ4v) is 3.83. The molecule has 2 heteroatoms. The standard InChI is InChI=1S/C17H34N2/c1-14(2)18-12-17(8-5-15(3)6-9-17)13-19-10-7-16(4)11-19/h14-16,18H,5-13H2,1-4H3. The van der Waals surface area contributed by atoms with Gasteiger partial charge in [0.15, 0.2) is 0 Å². The van der Waals surface area contributed by atoms with Gasteiger partial charge >= 0.3 is 0 Å². The zero-order chi connectivity index (χ0) is 13.9. The molecule has 1 saturated carbocycles. The normalized spacial score (nSPS) is 37.1. The van der Waals surface area contributed by atoms with Crippen molar-refractivity contribution in [3.8, 4) is 0 Å². The Morgan fingerprint density at radius 2 is 1.79 bits per heavy atom. The van der Waals surface area contributed by atoms with E-state index in [0.717, 1.165) is 11.8 Å². The third kappa shape index (κ3) is 4.46. The molecule has 1 unspecified atom stereocenters. The number of hydrogen-bond donors (Lipinski definition) is 1. The predicted molar refractivity (Wildman–Crippen MR) is 83.4 cm³/mol. The summed E-state index contributed by atoms with van der Waals surface area (Å²) in [6.45, 7) is 14.6. The van der Waals surface area contributed by atoms with Crippen LogP contribution in [0.2, 0.25) is 0 Å². The lowest BCUT2D eigenvalue weighted by Crippen LogP contribution is -2.47. The van der Waals surface area contributed by atoms with Gasteiger partial charge in [0.1, 0.15) is 0 Å². The molecule has 0 spiro atoms. The van der Waals surface area contributed by atoms with Gasteiger partial charge in [-0.2, -0.15) is 0 Å². The largest absolute Gasteiger partial charge is 0.314 e. The highest BCUT2D eigenvalue weighted by Crippen LogP contribution is 2.40. The van der Waals surface area contributed by atoms with Gasteiger partial charge in [-0.05, 0) is 43.1 Å². The van der Waals surface area contributed by atoms with Crippen molar-refractivity contribution in [2.45, 2.75) is 65.8 Å². The summed E-state index contributed by atoms with van der Waals surface area (Å²) in [5, 5.41) is 3.73. The highest BCUT2D eigenvalue weighted by Gasteiger charge is 2.36. The van der Waals surface area contributed by atoms with E-state index in [1.54, 1.807) is 0 Å². The summed E-state index contributed by atoms with van der Waals surface area (Å²) in [5.41, 5.74) is 0.556. The molecule has 19 heavy (non-hydrogen) atoms. The van der Waals surface area contributed by atoms with Gasteiger partial charge in [-0.1, -0.05) is 40.5 Å². The average molecular weight is 266 g/mol. The van der Waals surface area contributed by atoms with E-state index in [1.165, 1.54) is 58.3 Å². The summed E-state index contributed by atoms with van der Waals surface area (Å²) < 4.78 is 0. The summed E-state index contributed by atoms with van der Waals surface area (Å²) in [6, 6.07) is 0.619. The Balaban J connectivity index is 1.93. The SMILES string of the molecule is CC1CCC(CNC(C)C)(CN2CCC(C)C2)CC1. The second kappa shape index (κ2) is 6.58. The van der Waals surface area contributed by atoms with E-state index >= 15 is 0 Å². The molecule has 1 N–H and O–H groups in total. The van der Waals surface area contributed by atoms with E-state index in [-0.39, 0.29) is 0 Å². The molecular formula is C17H34N2. The smallest absolute Gasteiger partial charge is 0.00503 e. The molecule has 0 radical (unpaired) electrons. The number of likely N-dealkylation sites (tertiary alicyclic amines) is 1. The van der Waals surface area contributed by atoms with Crippen molar-refractivity contribution >= 4 is 0 Å². The van der Waals surface area contributed by atoms with E-state index in [0.29, 0.717) is 11.5 Å². The maximum atomic E-state index is 3.73. The lowest BCUT2D eigenvalue weighted by molar-refractivity contribution is 0.0945. The van der Waals surface area contributed by atoms with Crippen molar-refractivity contribution in [3.05, 3.63) is 0 Å². The van der Waals surface area contributed by atoms with E-state index in [2.05, 4.69) is 37.9 Å². The molecule has 0 aromatic heterocycles. The monoisotopic (exact) mass is 266 g/mol. The van der Waals surface area contributed by atoms with E-state index in [4.69, 9.17) is 0 Å². The molecule has 1 aliphatic carbocycles. The second-order valence-electron chi connectivity index (χ2n) is 7.85. The Bertz CT molecular complexity index is 266. The maximum absolute atomic E-state index is 3.73. The second-order valence-corrected chi connectivity index (χ2v) is 7.85. The summed E-state index contributed by atoms with van der Waals surface area (Å²) in [5.74, 6) is 1.86. The first-order chi connectivity index (χ1) is 8.99. The van der Waals surface area contributed by atoms with Gasteiger partial charge in [-0.3, -0.25) is 0 Å². The van der Waals surface area contributed by atoms with Gasteiger partial charge in [0, 0.05) is 25.7 Å². The molecule has 2 rings (SSSR count). The van der Waals surface area contributed by atoms with Crippen molar-refractivity contribution < 1.29 is 0 Å². The molecule has 1 saturated heterocycles. The first-order valence-corrected chi connectivity index (χ1v) is 8.45. The van der Waals surface area contributed by atoms with Crippen LogP contribution in [0.3, 0.4) is 0 Å². The molecule has 1 atom stereocenters. The van der Waals surface area contributed by atoms with Crippen molar-refractivity contribution in [2.24, 2.45) is 17.3 Å². The molecule has 112 valence electrons. The third-order valence-corrected chi connectivity index (χ3v) is 5.29. The van der Waals surface area contributed by atoms with Gasteiger partial charge in [-0.15, -0.1) is 0 Å². The van der Waals surface area contributed by atoms with E-state index in [9.17, 15) is 0 Å². The van der Waals surface area contributed by atoms with Gasteiger partial charge in [0.25, 0.3) is 0 Å². The molecule has 0 bridgehead atoms. The van der Waals surface area contributed by atoms with Crippen LogP contribution in [-0.4, -0.2) is 37.1 Å². The fraction of sp³-hybridized carbons (Fsp3) is 1.00. The summed E-state index contributed by atoms with van der Waals surface area (Å²) >= 11 is 0. The minimum absolute atomic E-state index is 0.556. The van der Waals surface area contributed by atoms with Crippen molar-refractivity contribution in [1.82, 2.24) is 10.2 Å². The van der Waals surface area contributed by atoms with Crippen molar-refractivity contribution in [3.63, 3.8) is 0 Å². The Morgan fingerprint density at radius 1 is 1.11 bits per heavy atom. The molecular weight excluding hydrogens is 232 g/mol. The molecule has 0 aromatic carbocycles. The molecule has 1 heterocycles. The van der Waals surface area contributed by atoms with Gasteiger partial charge < -0.3 is 10.2 Å². The molecule has 2 aliphatic rings. The van der Waals surface area contributed by atoms with Crippen LogP contribution in [0.15, 0.2) is 0 Å². The Hall–Kier alpha value is -0.0800. The summed E-state index contributed by atoms with van der Waals surface area (Å²) in [6.07, 6.45) is 7.13. The Kier molecular flexibility index (Phi) is 5.30. The maximum Gasteiger partial charge on any atom is 0.00503 e. The van der Waals surface area contributed by atoms with Crippen LogP contribution < -0.4 is 5.32 Å². The van der Waals surface area contributed by atoms with Gasteiger partial charge in [-0.25, -0.2) is 0 Å². The van der Waals surface area contributed by atoms with Crippen LogP contribution in [0.4, 0.5) is 0 Å². The molecule has 1 aliphatic heterocycles.